The van der Waals surface area contributed by atoms with Crippen molar-refractivity contribution in [1.82, 2.24) is 14.7 Å². The number of methoxy groups -OCH3 is 1. The number of benzene rings is 1. The van der Waals surface area contributed by atoms with E-state index in [1.807, 2.05) is 44.2 Å². The van der Waals surface area contributed by atoms with E-state index in [1.165, 1.54) is 0 Å². The predicted molar refractivity (Wildman–Crippen MR) is 86.0 cm³/mol. The molecule has 23 heavy (non-hydrogen) atoms. The van der Waals surface area contributed by atoms with Gasteiger partial charge in [-0.25, -0.2) is 4.68 Å². The lowest BCUT2D eigenvalue weighted by atomic mass is 10.2. The molecule has 1 aromatic heterocycles. The van der Waals surface area contributed by atoms with Gasteiger partial charge in [0.05, 0.1) is 31.2 Å². The topological polar surface area (TPSA) is 56.6 Å². The second-order valence-corrected chi connectivity index (χ2v) is 5.79. The third-order valence-corrected chi connectivity index (χ3v) is 3.83. The Labute approximate surface area is 135 Å². The molecule has 1 saturated heterocycles. The number of carbonyl (C=O) groups excluding carboxylic acids is 1. The summed E-state index contributed by atoms with van der Waals surface area (Å²) in [7, 11) is 1.55. The number of rotatable bonds is 3. The molecule has 3 rings (SSSR count). The highest BCUT2D eigenvalue weighted by Gasteiger charge is 2.30. The predicted octanol–water partition coefficient (Wildman–Crippen LogP) is 2.13. The average molecular weight is 315 g/mol. The molecular weight excluding hydrogens is 294 g/mol. The summed E-state index contributed by atoms with van der Waals surface area (Å²) < 4.78 is 12.7. The Bertz CT molecular complexity index is 674. The molecule has 1 aliphatic heterocycles. The Hall–Kier alpha value is -2.34. The van der Waals surface area contributed by atoms with Gasteiger partial charge in [0.15, 0.2) is 11.4 Å². The van der Waals surface area contributed by atoms with Crippen LogP contribution in [0.5, 0.6) is 5.75 Å². The Kier molecular flexibility index (Phi) is 4.34. The maximum Gasteiger partial charge on any atom is 0.278 e. The van der Waals surface area contributed by atoms with Crippen LogP contribution in [0.2, 0.25) is 0 Å². The molecule has 0 saturated carbocycles. The zero-order chi connectivity index (χ0) is 16.4. The van der Waals surface area contributed by atoms with E-state index < -0.39 is 0 Å². The van der Waals surface area contributed by atoms with Crippen LogP contribution in [-0.2, 0) is 4.74 Å². The lowest BCUT2D eigenvalue weighted by Gasteiger charge is -2.34. The van der Waals surface area contributed by atoms with Crippen molar-refractivity contribution >= 4 is 5.91 Å². The third-order valence-electron chi connectivity index (χ3n) is 3.83. The average Bonchev–Trinajstić information content (AvgIpc) is 2.98. The zero-order valence-corrected chi connectivity index (χ0v) is 13.6. The highest BCUT2D eigenvalue weighted by Crippen LogP contribution is 2.22. The van der Waals surface area contributed by atoms with Gasteiger partial charge in [-0.05, 0) is 26.0 Å². The van der Waals surface area contributed by atoms with Gasteiger partial charge in [0.25, 0.3) is 5.91 Å². The minimum Gasteiger partial charge on any atom is -0.493 e. The van der Waals surface area contributed by atoms with Crippen LogP contribution in [0.1, 0.15) is 24.3 Å². The Morgan fingerprint density at radius 1 is 1.22 bits per heavy atom. The van der Waals surface area contributed by atoms with E-state index in [1.54, 1.807) is 22.9 Å². The lowest BCUT2D eigenvalue weighted by Crippen LogP contribution is -2.48. The van der Waals surface area contributed by atoms with Gasteiger partial charge < -0.3 is 14.4 Å². The molecule has 6 heteroatoms. The van der Waals surface area contributed by atoms with Crippen LogP contribution in [-0.4, -0.2) is 53.0 Å². The number of amides is 1. The van der Waals surface area contributed by atoms with Gasteiger partial charge in [-0.1, -0.05) is 18.2 Å². The first-order valence-corrected chi connectivity index (χ1v) is 7.72. The molecule has 0 aliphatic carbocycles. The molecule has 1 aliphatic rings. The number of morpholine rings is 1. The maximum atomic E-state index is 12.8. The second kappa shape index (κ2) is 6.42. The van der Waals surface area contributed by atoms with Crippen molar-refractivity contribution in [1.29, 1.82) is 0 Å². The van der Waals surface area contributed by atoms with Gasteiger partial charge in [0, 0.05) is 13.1 Å². The van der Waals surface area contributed by atoms with E-state index in [0.29, 0.717) is 24.5 Å². The first kappa shape index (κ1) is 15.6. The van der Waals surface area contributed by atoms with Gasteiger partial charge in [-0.2, -0.15) is 5.10 Å². The van der Waals surface area contributed by atoms with Crippen molar-refractivity contribution in [2.45, 2.75) is 26.1 Å². The molecule has 2 aromatic rings. The zero-order valence-electron chi connectivity index (χ0n) is 13.6. The minimum absolute atomic E-state index is 0.0184. The van der Waals surface area contributed by atoms with Crippen molar-refractivity contribution in [3.8, 4) is 11.4 Å². The quantitative estimate of drug-likeness (QED) is 0.871. The monoisotopic (exact) mass is 315 g/mol. The highest BCUT2D eigenvalue weighted by atomic mass is 16.5. The first-order valence-electron chi connectivity index (χ1n) is 7.72. The van der Waals surface area contributed by atoms with E-state index >= 15 is 0 Å². The number of carbonyl (C=O) groups is 1. The van der Waals surface area contributed by atoms with Crippen molar-refractivity contribution in [3.05, 3.63) is 42.2 Å². The molecular formula is C17H21N3O3. The van der Waals surface area contributed by atoms with E-state index in [2.05, 4.69) is 5.10 Å². The molecule has 0 bridgehead atoms. The Morgan fingerprint density at radius 3 is 2.48 bits per heavy atom. The molecule has 0 radical (unpaired) electrons. The van der Waals surface area contributed by atoms with Crippen LogP contribution < -0.4 is 4.74 Å². The fourth-order valence-electron chi connectivity index (χ4n) is 2.86. The number of aromatic nitrogens is 2. The summed E-state index contributed by atoms with van der Waals surface area (Å²) in [5.41, 5.74) is 1.21. The number of hydrogen-bond acceptors (Lipinski definition) is 4. The fraction of sp³-hybridized carbons (Fsp3) is 0.412. The van der Waals surface area contributed by atoms with Gasteiger partial charge in [0.2, 0.25) is 0 Å². The summed E-state index contributed by atoms with van der Waals surface area (Å²) in [4.78, 5) is 14.6. The van der Waals surface area contributed by atoms with Crippen LogP contribution in [0.25, 0.3) is 5.69 Å². The largest absolute Gasteiger partial charge is 0.493 e. The van der Waals surface area contributed by atoms with Crippen LogP contribution >= 0.6 is 0 Å². The van der Waals surface area contributed by atoms with Gasteiger partial charge in [0.1, 0.15) is 0 Å². The molecule has 0 spiro atoms. The van der Waals surface area contributed by atoms with Crippen molar-refractivity contribution in [3.63, 3.8) is 0 Å². The van der Waals surface area contributed by atoms with Crippen LogP contribution in [0.3, 0.4) is 0 Å². The molecule has 2 unspecified atom stereocenters. The molecule has 1 fully saturated rings. The molecule has 122 valence electrons. The third kappa shape index (κ3) is 3.22. The van der Waals surface area contributed by atoms with Crippen molar-refractivity contribution < 1.29 is 14.3 Å². The van der Waals surface area contributed by atoms with Crippen LogP contribution in [0, 0.1) is 0 Å². The summed E-state index contributed by atoms with van der Waals surface area (Å²) in [6.45, 7) is 5.06. The number of nitrogens with zero attached hydrogens (tertiary/aromatic N) is 3. The molecule has 6 nitrogen and oxygen atoms in total. The SMILES string of the molecule is COc1cn(-c2ccccc2)nc1C(=O)N1CC(C)OC(C)C1. The summed E-state index contributed by atoms with van der Waals surface area (Å²) in [6.07, 6.45) is 1.77. The standard InChI is InChI=1S/C17H21N3O3/c1-12-9-19(10-13(2)23-12)17(21)16-15(22-3)11-20(18-16)14-7-5-4-6-8-14/h4-8,11-13H,9-10H2,1-3H3. The smallest absolute Gasteiger partial charge is 0.278 e. The summed E-state index contributed by atoms with van der Waals surface area (Å²) in [5.74, 6) is 0.351. The van der Waals surface area contributed by atoms with Crippen LogP contribution in [0.15, 0.2) is 36.5 Å². The molecule has 0 N–H and O–H groups in total. The molecule has 2 atom stereocenters. The highest BCUT2D eigenvalue weighted by molar-refractivity contribution is 5.95. The van der Waals surface area contributed by atoms with E-state index in [0.717, 1.165) is 5.69 Å². The van der Waals surface area contributed by atoms with Crippen LogP contribution in [0.4, 0.5) is 0 Å². The summed E-state index contributed by atoms with van der Waals surface area (Å²) in [5, 5.41) is 4.44. The van der Waals surface area contributed by atoms with Crippen molar-refractivity contribution in [2.24, 2.45) is 0 Å². The molecule has 1 aromatic carbocycles. The molecule has 2 heterocycles. The maximum absolute atomic E-state index is 12.8. The van der Waals surface area contributed by atoms with E-state index in [-0.39, 0.29) is 18.1 Å². The Morgan fingerprint density at radius 2 is 1.87 bits per heavy atom. The number of ether oxygens (including phenoxy) is 2. The van der Waals surface area contributed by atoms with E-state index in [9.17, 15) is 4.79 Å². The van der Waals surface area contributed by atoms with E-state index in [4.69, 9.17) is 9.47 Å². The minimum atomic E-state index is -0.126. The fourth-order valence-corrected chi connectivity index (χ4v) is 2.86. The number of para-hydroxylation sites is 1. The van der Waals surface area contributed by atoms with Gasteiger partial charge in [-0.15, -0.1) is 0 Å². The summed E-state index contributed by atoms with van der Waals surface area (Å²) >= 11 is 0. The second-order valence-electron chi connectivity index (χ2n) is 5.79. The Balaban J connectivity index is 1.90. The molecule has 1 amide bonds. The van der Waals surface area contributed by atoms with Gasteiger partial charge >= 0.3 is 0 Å². The lowest BCUT2D eigenvalue weighted by molar-refractivity contribution is -0.0588. The first-order chi connectivity index (χ1) is 11.1. The normalized spacial score (nSPS) is 21.3. The van der Waals surface area contributed by atoms with Gasteiger partial charge in [-0.3, -0.25) is 4.79 Å². The van der Waals surface area contributed by atoms with Crippen molar-refractivity contribution in [2.75, 3.05) is 20.2 Å². The number of hydrogen-bond donors (Lipinski definition) is 0. The summed E-state index contributed by atoms with van der Waals surface area (Å²) in [6, 6.07) is 9.65.